The van der Waals surface area contributed by atoms with E-state index in [1.807, 2.05) is 30.2 Å². The zero-order valence-electron chi connectivity index (χ0n) is 19.6. The Bertz CT molecular complexity index is 1310. The lowest BCUT2D eigenvalue weighted by molar-refractivity contribution is 0.118. The van der Waals surface area contributed by atoms with Crippen LogP contribution in [-0.4, -0.2) is 56.7 Å². The molecule has 2 amide bonds. The number of piperidine rings is 1. The van der Waals surface area contributed by atoms with Crippen LogP contribution in [0.2, 0.25) is 0 Å². The van der Waals surface area contributed by atoms with Gasteiger partial charge in [-0.1, -0.05) is 18.2 Å². The smallest absolute Gasteiger partial charge is 0.316 e. The molecule has 1 atom stereocenters. The molecule has 7 heteroatoms. The molecule has 2 aliphatic heterocycles. The van der Waals surface area contributed by atoms with Crippen LogP contribution in [0.3, 0.4) is 0 Å². The zero-order chi connectivity index (χ0) is 23.1. The molecule has 4 heterocycles. The highest BCUT2D eigenvalue weighted by Crippen LogP contribution is 2.34. The molecule has 0 bridgehead atoms. The molecule has 3 aliphatic rings. The third-order valence-corrected chi connectivity index (χ3v) is 7.20. The van der Waals surface area contributed by atoms with Crippen molar-refractivity contribution in [3.8, 4) is 11.3 Å². The number of fused-ring (bicyclic) bond motifs is 2. The summed E-state index contributed by atoms with van der Waals surface area (Å²) in [7, 11) is 0. The van der Waals surface area contributed by atoms with Crippen LogP contribution in [-0.2, 0) is 6.54 Å². The minimum atomic E-state index is -0.0000231. The quantitative estimate of drug-likeness (QED) is 0.580. The van der Waals surface area contributed by atoms with Gasteiger partial charge < -0.3 is 10.2 Å². The van der Waals surface area contributed by atoms with Gasteiger partial charge in [0.25, 0.3) is 0 Å². The van der Waals surface area contributed by atoms with Crippen LogP contribution in [0.4, 0.5) is 10.5 Å². The first-order valence-corrected chi connectivity index (χ1v) is 12.2. The number of urea groups is 1. The van der Waals surface area contributed by atoms with E-state index in [1.54, 1.807) is 0 Å². The van der Waals surface area contributed by atoms with E-state index < -0.39 is 0 Å². The van der Waals surface area contributed by atoms with Gasteiger partial charge in [-0.2, -0.15) is 5.10 Å². The van der Waals surface area contributed by atoms with E-state index in [4.69, 9.17) is 0 Å². The van der Waals surface area contributed by atoms with Gasteiger partial charge >= 0.3 is 6.03 Å². The van der Waals surface area contributed by atoms with Crippen LogP contribution in [0.1, 0.15) is 36.9 Å². The first-order chi connectivity index (χ1) is 16.6. The number of pyridine rings is 1. The molecule has 6 rings (SSSR count). The van der Waals surface area contributed by atoms with Crippen LogP contribution in [0.5, 0.6) is 0 Å². The first-order valence-electron chi connectivity index (χ1n) is 12.2. The molecule has 1 fully saturated rings. The molecule has 3 aromatic rings. The highest BCUT2D eigenvalue weighted by molar-refractivity contribution is 6.00. The number of aromatic amines is 1. The second-order valence-corrected chi connectivity index (χ2v) is 9.66. The van der Waals surface area contributed by atoms with Crippen LogP contribution >= 0.6 is 0 Å². The summed E-state index contributed by atoms with van der Waals surface area (Å²) in [5.74, 6) is 0. The van der Waals surface area contributed by atoms with Gasteiger partial charge in [-0.3, -0.25) is 15.0 Å². The van der Waals surface area contributed by atoms with Gasteiger partial charge in [-0.05, 0) is 74.6 Å². The number of allylic oxidation sites excluding steroid dienone is 2. The van der Waals surface area contributed by atoms with Crippen molar-refractivity contribution in [2.45, 2.75) is 45.2 Å². The van der Waals surface area contributed by atoms with Crippen LogP contribution in [0.15, 0.2) is 54.3 Å². The zero-order valence-corrected chi connectivity index (χ0v) is 19.6. The summed E-state index contributed by atoms with van der Waals surface area (Å²) in [5.41, 5.74) is 7.27. The molecule has 7 nitrogen and oxygen atoms in total. The first kappa shape index (κ1) is 21.1. The Morgan fingerprint density at radius 1 is 1.21 bits per heavy atom. The number of rotatable bonds is 4. The number of hydrogen-bond acceptors (Lipinski definition) is 4. The fourth-order valence-electron chi connectivity index (χ4n) is 5.48. The Hall–Kier alpha value is -3.45. The lowest BCUT2D eigenvalue weighted by Crippen LogP contribution is -2.52. The number of hydrogen-bond donors (Lipinski definition) is 2. The van der Waals surface area contributed by atoms with Gasteiger partial charge in [0.2, 0.25) is 0 Å². The maximum atomic E-state index is 13.1. The Morgan fingerprint density at radius 2 is 2.15 bits per heavy atom. The van der Waals surface area contributed by atoms with Crippen molar-refractivity contribution in [1.29, 1.82) is 0 Å². The highest BCUT2D eigenvalue weighted by Gasteiger charge is 2.32. The third-order valence-electron chi connectivity index (χ3n) is 7.20. The van der Waals surface area contributed by atoms with Gasteiger partial charge in [0, 0.05) is 54.2 Å². The van der Waals surface area contributed by atoms with Crippen molar-refractivity contribution in [1.82, 2.24) is 25.0 Å². The van der Waals surface area contributed by atoms with Gasteiger partial charge in [0.15, 0.2) is 0 Å². The molecular formula is C27H30N6O. The van der Waals surface area contributed by atoms with Gasteiger partial charge in [0.05, 0.1) is 5.52 Å². The summed E-state index contributed by atoms with van der Waals surface area (Å²) in [6.45, 7) is 5.60. The Balaban J connectivity index is 1.25. The molecule has 1 aromatic carbocycles. The summed E-state index contributed by atoms with van der Waals surface area (Å²) in [5, 5.41) is 11.9. The van der Waals surface area contributed by atoms with Gasteiger partial charge in [-0.15, -0.1) is 0 Å². The van der Waals surface area contributed by atoms with Crippen LogP contribution < -0.4 is 5.32 Å². The summed E-state index contributed by atoms with van der Waals surface area (Å²) < 4.78 is 0. The molecule has 1 saturated heterocycles. The second kappa shape index (κ2) is 8.72. The molecule has 34 heavy (non-hydrogen) atoms. The molecule has 2 aromatic heterocycles. The van der Waals surface area contributed by atoms with Crippen molar-refractivity contribution >= 4 is 22.6 Å². The predicted molar refractivity (Wildman–Crippen MR) is 135 cm³/mol. The van der Waals surface area contributed by atoms with Gasteiger partial charge in [0.1, 0.15) is 5.69 Å². The molecule has 1 aliphatic carbocycles. The van der Waals surface area contributed by atoms with E-state index in [0.29, 0.717) is 6.54 Å². The Labute approximate surface area is 199 Å². The SMILES string of the molecule is Cc1cc(-c2n[nH]c3cc4c(cc23)CN([C@@H]2CCCN(CC3=CCCC=C3)C2)C(=O)N4)ccn1. The van der Waals surface area contributed by atoms with E-state index >= 15 is 0 Å². The molecule has 0 radical (unpaired) electrons. The minimum absolute atomic E-state index is 0.0000231. The number of carbonyl (C=O) groups excluding carboxylic acids is 1. The molecule has 0 saturated carbocycles. The number of nitrogens with zero attached hydrogens (tertiary/aromatic N) is 4. The molecule has 174 valence electrons. The predicted octanol–water partition coefficient (Wildman–Crippen LogP) is 5.02. The van der Waals surface area contributed by atoms with Crippen molar-refractivity contribution in [2.75, 3.05) is 25.0 Å². The van der Waals surface area contributed by atoms with E-state index in [2.05, 4.69) is 55.8 Å². The number of amides is 2. The highest BCUT2D eigenvalue weighted by atomic mass is 16.2. The molecule has 2 N–H and O–H groups in total. The minimum Gasteiger partial charge on any atom is -0.316 e. The monoisotopic (exact) mass is 454 g/mol. The Kier molecular flexibility index (Phi) is 5.41. The van der Waals surface area contributed by atoms with Crippen LogP contribution in [0, 0.1) is 6.92 Å². The summed E-state index contributed by atoms with van der Waals surface area (Å²) >= 11 is 0. The fourth-order valence-corrected chi connectivity index (χ4v) is 5.48. The van der Waals surface area contributed by atoms with Crippen molar-refractivity contribution in [2.24, 2.45) is 0 Å². The standard InChI is InChI=1S/C27H30N6O/c1-18-12-20(9-10-28-18)26-23-13-21-16-33(27(34)29-24(21)14-25(23)30-31-26)22-8-5-11-32(17-22)15-19-6-3-2-4-7-19/h3,6-7,9-10,12-14,22H,2,4-5,8,11,15-17H2,1H3,(H,29,34)(H,30,31)/t22-/m1/s1. The van der Waals surface area contributed by atoms with E-state index in [1.165, 1.54) is 5.57 Å². The summed E-state index contributed by atoms with van der Waals surface area (Å²) in [6, 6.07) is 8.46. The normalized spacial score (nSPS) is 20.9. The summed E-state index contributed by atoms with van der Waals surface area (Å²) in [6.07, 6.45) is 13.1. The van der Waals surface area contributed by atoms with E-state index in [9.17, 15) is 4.79 Å². The number of benzene rings is 1. The third kappa shape index (κ3) is 4.01. The second-order valence-electron chi connectivity index (χ2n) is 9.66. The largest absolute Gasteiger partial charge is 0.322 e. The average molecular weight is 455 g/mol. The maximum absolute atomic E-state index is 13.1. The fraction of sp³-hybridized carbons (Fsp3) is 0.370. The number of carbonyl (C=O) groups is 1. The number of aromatic nitrogens is 3. The number of anilines is 1. The topological polar surface area (TPSA) is 77.2 Å². The van der Waals surface area contributed by atoms with Gasteiger partial charge in [-0.25, -0.2) is 4.79 Å². The average Bonchev–Trinajstić information content (AvgIpc) is 3.26. The van der Waals surface area contributed by atoms with E-state index in [-0.39, 0.29) is 12.1 Å². The summed E-state index contributed by atoms with van der Waals surface area (Å²) in [4.78, 5) is 21.9. The molecule has 0 spiro atoms. The number of likely N-dealkylation sites (tertiary alicyclic amines) is 1. The maximum Gasteiger partial charge on any atom is 0.322 e. The van der Waals surface area contributed by atoms with Crippen molar-refractivity contribution in [3.63, 3.8) is 0 Å². The lowest BCUT2D eigenvalue weighted by atomic mass is 9.99. The van der Waals surface area contributed by atoms with Crippen molar-refractivity contribution < 1.29 is 4.79 Å². The number of H-pyrrole nitrogens is 1. The molecule has 0 unspecified atom stereocenters. The van der Waals surface area contributed by atoms with E-state index in [0.717, 1.165) is 84.4 Å². The van der Waals surface area contributed by atoms with Crippen molar-refractivity contribution in [3.05, 3.63) is 65.5 Å². The molecular weight excluding hydrogens is 424 g/mol. The number of nitrogens with one attached hydrogen (secondary N) is 2. The lowest BCUT2D eigenvalue weighted by Gasteiger charge is -2.41. The number of aryl methyl sites for hydroxylation is 1. The Morgan fingerprint density at radius 3 is 3.00 bits per heavy atom. The van der Waals surface area contributed by atoms with Crippen LogP contribution in [0.25, 0.3) is 22.2 Å².